The number of carbonyl (C=O) groups is 1. The van der Waals surface area contributed by atoms with E-state index in [1.807, 2.05) is 31.2 Å². The van der Waals surface area contributed by atoms with E-state index in [2.05, 4.69) is 9.72 Å². The molecule has 0 unspecified atom stereocenters. The maximum absolute atomic E-state index is 11.3. The molecule has 0 amide bonds. The number of ether oxygens (including phenoxy) is 2. The number of pyridine rings is 1. The van der Waals surface area contributed by atoms with Gasteiger partial charge in [0, 0.05) is 5.69 Å². The fourth-order valence-electron chi connectivity index (χ4n) is 1.56. The molecule has 0 saturated heterocycles. The number of benzene rings is 1. The van der Waals surface area contributed by atoms with Crippen LogP contribution in [0.2, 0.25) is 0 Å². The molecule has 0 aliphatic carbocycles. The number of hydrogen-bond acceptors (Lipinski definition) is 4. The van der Waals surface area contributed by atoms with Crippen molar-refractivity contribution in [2.75, 3.05) is 7.11 Å². The Balaban J connectivity index is 1.96. The van der Waals surface area contributed by atoms with Crippen molar-refractivity contribution in [3.63, 3.8) is 0 Å². The van der Waals surface area contributed by atoms with Crippen LogP contribution in [0.15, 0.2) is 42.6 Å². The zero-order valence-electron chi connectivity index (χ0n) is 10.9. The van der Waals surface area contributed by atoms with Crippen LogP contribution < -0.4 is 4.74 Å². The minimum absolute atomic E-state index is 0.338. The quantitative estimate of drug-likeness (QED) is 0.790. The molecular weight excluding hydrogens is 242 g/mol. The van der Waals surface area contributed by atoms with E-state index in [0.717, 1.165) is 17.0 Å². The van der Waals surface area contributed by atoms with Crippen molar-refractivity contribution >= 4 is 5.97 Å². The summed E-state index contributed by atoms with van der Waals surface area (Å²) >= 11 is 0. The second-order valence-corrected chi connectivity index (χ2v) is 4.11. The highest BCUT2D eigenvalue weighted by Gasteiger charge is 2.04. The van der Waals surface area contributed by atoms with Gasteiger partial charge in [0.1, 0.15) is 12.4 Å². The van der Waals surface area contributed by atoms with E-state index in [4.69, 9.17) is 4.74 Å². The van der Waals surface area contributed by atoms with Crippen LogP contribution in [0, 0.1) is 6.92 Å². The number of rotatable bonds is 4. The number of esters is 1. The van der Waals surface area contributed by atoms with Crippen LogP contribution in [0.5, 0.6) is 5.75 Å². The van der Waals surface area contributed by atoms with Crippen molar-refractivity contribution in [2.45, 2.75) is 13.5 Å². The molecular formula is C15H15NO3. The lowest BCUT2D eigenvalue weighted by atomic mass is 10.1. The van der Waals surface area contributed by atoms with E-state index in [1.54, 1.807) is 18.3 Å². The van der Waals surface area contributed by atoms with Crippen LogP contribution in [-0.2, 0) is 11.3 Å². The Morgan fingerprint density at radius 1 is 1.16 bits per heavy atom. The molecule has 0 aliphatic rings. The fourth-order valence-corrected chi connectivity index (χ4v) is 1.56. The molecule has 98 valence electrons. The summed E-state index contributed by atoms with van der Waals surface area (Å²) in [6, 6.07) is 10.9. The zero-order chi connectivity index (χ0) is 13.7. The Morgan fingerprint density at radius 2 is 1.89 bits per heavy atom. The van der Waals surface area contributed by atoms with Gasteiger partial charge in [-0.2, -0.15) is 0 Å². The van der Waals surface area contributed by atoms with E-state index < -0.39 is 0 Å². The van der Waals surface area contributed by atoms with Crippen LogP contribution in [0.3, 0.4) is 0 Å². The van der Waals surface area contributed by atoms with Crippen LogP contribution >= 0.6 is 0 Å². The second-order valence-electron chi connectivity index (χ2n) is 4.11. The third kappa shape index (κ3) is 3.55. The lowest BCUT2D eigenvalue weighted by Gasteiger charge is -2.06. The van der Waals surface area contributed by atoms with Gasteiger partial charge in [0.15, 0.2) is 0 Å². The van der Waals surface area contributed by atoms with Crippen molar-refractivity contribution in [3.05, 3.63) is 59.4 Å². The van der Waals surface area contributed by atoms with Crippen LogP contribution in [0.25, 0.3) is 0 Å². The molecule has 0 aliphatic heterocycles. The number of nitrogens with zero attached hydrogens (tertiary/aromatic N) is 1. The highest BCUT2D eigenvalue weighted by molar-refractivity contribution is 5.89. The first kappa shape index (κ1) is 13.1. The summed E-state index contributed by atoms with van der Waals surface area (Å²) in [7, 11) is 1.36. The van der Waals surface area contributed by atoms with Gasteiger partial charge in [-0.05, 0) is 36.8 Å². The standard InChI is InChI=1S/C15H15NO3/c1-11-3-8-14(9-16-11)19-10-12-4-6-13(7-5-12)15(17)18-2/h3-9H,10H2,1-2H3. The van der Waals surface area contributed by atoms with Gasteiger partial charge >= 0.3 is 5.97 Å². The highest BCUT2D eigenvalue weighted by Crippen LogP contribution is 2.12. The zero-order valence-corrected chi connectivity index (χ0v) is 10.9. The smallest absolute Gasteiger partial charge is 0.337 e. The van der Waals surface area contributed by atoms with Gasteiger partial charge in [0.05, 0.1) is 18.9 Å². The van der Waals surface area contributed by atoms with Crippen molar-refractivity contribution in [1.82, 2.24) is 4.98 Å². The second kappa shape index (κ2) is 6.00. The average molecular weight is 257 g/mol. The molecule has 0 atom stereocenters. The average Bonchev–Trinajstić information content (AvgIpc) is 2.46. The maximum atomic E-state index is 11.3. The van der Waals surface area contributed by atoms with Crippen LogP contribution in [-0.4, -0.2) is 18.1 Å². The van der Waals surface area contributed by atoms with Gasteiger partial charge < -0.3 is 9.47 Å². The van der Waals surface area contributed by atoms with Gasteiger partial charge in [0.25, 0.3) is 0 Å². The third-order valence-electron chi connectivity index (χ3n) is 2.66. The van der Waals surface area contributed by atoms with Crippen LogP contribution in [0.1, 0.15) is 21.6 Å². The third-order valence-corrected chi connectivity index (χ3v) is 2.66. The predicted molar refractivity (Wildman–Crippen MR) is 71.1 cm³/mol. The molecule has 1 aromatic carbocycles. The van der Waals surface area contributed by atoms with E-state index >= 15 is 0 Å². The van der Waals surface area contributed by atoms with Gasteiger partial charge in [0.2, 0.25) is 0 Å². The summed E-state index contributed by atoms with van der Waals surface area (Å²) < 4.78 is 10.2. The van der Waals surface area contributed by atoms with Crippen LogP contribution in [0.4, 0.5) is 0 Å². The molecule has 4 nitrogen and oxygen atoms in total. The molecule has 1 heterocycles. The fraction of sp³-hybridized carbons (Fsp3) is 0.200. The number of carbonyl (C=O) groups excluding carboxylic acids is 1. The number of hydrogen-bond donors (Lipinski definition) is 0. The maximum Gasteiger partial charge on any atom is 0.337 e. The summed E-state index contributed by atoms with van der Waals surface area (Å²) in [5.74, 6) is 0.387. The van der Waals surface area contributed by atoms with Gasteiger partial charge in [-0.1, -0.05) is 12.1 Å². The predicted octanol–water partition coefficient (Wildman–Crippen LogP) is 2.76. The van der Waals surface area contributed by atoms with Crippen molar-refractivity contribution in [2.24, 2.45) is 0 Å². The van der Waals surface area contributed by atoms with Gasteiger partial charge in [-0.15, -0.1) is 0 Å². The molecule has 0 spiro atoms. The minimum Gasteiger partial charge on any atom is -0.487 e. The molecule has 0 bridgehead atoms. The Kier molecular flexibility index (Phi) is 4.13. The summed E-state index contributed by atoms with van der Waals surface area (Å²) in [6.07, 6.45) is 1.69. The normalized spacial score (nSPS) is 10.0. The first-order valence-electron chi connectivity index (χ1n) is 5.92. The van der Waals surface area contributed by atoms with E-state index in [-0.39, 0.29) is 5.97 Å². The monoisotopic (exact) mass is 257 g/mol. The Bertz CT molecular complexity index is 547. The molecule has 19 heavy (non-hydrogen) atoms. The molecule has 0 radical (unpaired) electrons. The molecule has 0 saturated carbocycles. The highest BCUT2D eigenvalue weighted by atomic mass is 16.5. The van der Waals surface area contributed by atoms with Crippen molar-refractivity contribution < 1.29 is 14.3 Å². The lowest BCUT2D eigenvalue weighted by Crippen LogP contribution is -2.02. The first-order chi connectivity index (χ1) is 9.19. The van der Waals surface area contributed by atoms with Gasteiger partial charge in [-0.3, -0.25) is 4.98 Å². The SMILES string of the molecule is COC(=O)c1ccc(COc2ccc(C)nc2)cc1. The number of aryl methyl sites for hydroxylation is 1. The Labute approximate surface area is 112 Å². The largest absolute Gasteiger partial charge is 0.487 e. The minimum atomic E-state index is -0.338. The number of aromatic nitrogens is 1. The van der Waals surface area contributed by atoms with E-state index in [9.17, 15) is 4.79 Å². The number of methoxy groups -OCH3 is 1. The van der Waals surface area contributed by atoms with Gasteiger partial charge in [-0.25, -0.2) is 4.79 Å². The van der Waals surface area contributed by atoms with Crippen molar-refractivity contribution in [1.29, 1.82) is 0 Å². The van der Waals surface area contributed by atoms with E-state index in [0.29, 0.717) is 12.2 Å². The summed E-state index contributed by atoms with van der Waals surface area (Å²) in [5, 5.41) is 0. The first-order valence-corrected chi connectivity index (χ1v) is 5.92. The van der Waals surface area contributed by atoms with E-state index in [1.165, 1.54) is 7.11 Å². The summed E-state index contributed by atoms with van der Waals surface area (Å²) in [6.45, 7) is 2.36. The molecule has 4 heteroatoms. The van der Waals surface area contributed by atoms with Crippen molar-refractivity contribution in [3.8, 4) is 5.75 Å². The molecule has 0 N–H and O–H groups in total. The summed E-state index contributed by atoms with van der Waals surface area (Å²) in [4.78, 5) is 15.4. The molecule has 0 fully saturated rings. The Morgan fingerprint density at radius 3 is 2.47 bits per heavy atom. The Hall–Kier alpha value is -2.36. The molecule has 2 aromatic rings. The lowest BCUT2D eigenvalue weighted by molar-refractivity contribution is 0.0600. The topological polar surface area (TPSA) is 48.4 Å². The summed E-state index contributed by atoms with van der Waals surface area (Å²) in [5.41, 5.74) is 2.46. The molecule has 2 rings (SSSR count). The molecule has 1 aromatic heterocycles.